The summed E-state index contributed by atoms with van der Waals surface area (Å²) in [5.74, 6) is 1.16. The summed E-state index contributed by atoms with van der Waals surface area (Å²) in [5, 5.41) is 3.33. The third kappa shape index (κ3) is 2.42. The van der Waals surface area contributed by atoms with Crippen LogP contribution in [0.3, 0.4) is 0 Å². The molecule has 1 unspecified atom stereocenters. The Morgan fingerprint density at radius 2 is 1.89 bits per heavy atom. The summed E-state index contributed by atoms with van der Waals surface area (Å²) in [6.45, 7) is 1.88. The van der Waals surface area contributed by atoms with E-state index in [0.717, 1.165) is 24.9 Å². The number of nitrogens with one attached hydrogen (secondary N) is 1. The minimum atomic E-state index is -3.28. The van der Waals surface area contributed by atoms with Crippen LogP contribution in [-0.2, 0) is 9.84 Å². The largest absolute Gasteiger partial charge is 0.486 e. The molecule has 104 valence electrons. The van der Waals surface area contributed by atoms with Crippen molar-refractivity contribution in [1.82, 2.24) is 5.32 Å². The second kappa shape index (κ2) is 4.68. The Kier molecular flexibility index (Phi) is 3.14. The van der Waals surface area contributed by atoms with E-state index in [-0.39, 0.29) is 6.04 Å². The van der Waals surface area contributed by atoms with Crippen molar-refractivity contribution in [2.24, 2.45) is 0 Å². The monoisotopic (exact) mass is 283 g/mol. The zero-order valence-electron chi connectivity index (χ0n) is 10.8. The van der Waals surface area contributed by atoms with Crippen LogP contribution in [0, 0.1) is 0 Å². The first-order chi connectivity index (χ1) is 9.05. The van der Waals surface area contributed by atoms with Gasteiger partial charge in [0.05, 0.1) is 4.90 Å². The van der Waals surface area contributed by atoms with Crippen molar-refractivity contribution in [2.45, 2.75) is 23.8 Å². The van der Waals surface area contributed by atoms with Gasteiger partial charge >= 0.3 is 0 Å². The number of hydrogen-bond acceptors (Lipinski definition) is 5. The van der Waals surface area contributed by atoms with Gasteiger partial charge in [-0.3, -0.25) is 0 Å². The molecule has 1 saturated heterocycles. The van der Waals surface area contributed by atoms with Crippen molar-refractivity contribution in [1.29, 1.82) is 0 Å². The van der Waals surface area contributed by atoms with E-state index in [4.69, 9.17) is 9.47 Å². The van der Waals surface area contributed by atoms with Crippen LogP contribution in [0.15, 0.2) is 17.0 Å². The normalized spacial score (nSPS) is 22.5. The molecular weight excluding hydrogens is 266 g/mol. The third-order valence-corrected chi connectivity index (χ3v) is 4.66. The molecular formula is C13H17NO4S. The SMILES string of the molecule is CS(=O)(=O)c1cc2c(cc1C1CCCN1)OCCO2. The molecule has 1 aromatic carbocycles. The predicted molar refractivity (Wildman–Crippen MR) is 70.5 cm³/mol. The van der Waals surface area contributed by atoms with Crippen molar-refractivity contribution >= 4 is 9.84 Å². The molecule has 1 aromatic rings. The van der Waals surface area contributed by atoms with Gasteiger partial charge in [-0.05, 0) is 31.0 Å². The second-order valence-electron chi connectivity index (χ2n) is 4.95. The fraction of sp³-hybridized carbons (Fsp3) is 0.538. The maximum atomic E-state index is 12.0. The maximum absolute atomic E-state index is 12.0. The average molecular weight is 283 g/mol. The molecule has 0 aromatic heterocycles. The molecule has 5 nitrogen and oxygen atoms in total. The molecule has 2 heterocycles. The molecule has 1 N–H and O–H groups in total. The summed E-state index contributed by atoms with van der Waals surface area (Å²) in [6, 6.07) is 3.49. The van der Waals surface area contributed by atoms with Gasteiger partial charge in [0.1, 0.15) is 13.2 Å². The molecule has 0 amide bonds. The van der Waals surface area contributed by atoms with E-state index in [2.05, 4.69) is 5.32 Å². The number of sulfone groups is 1. The Bertz CT molecular complexity index is 591. The lowest BCUT2D eigenvalue weighted by Crippen LogP contribution is -2.20. The molecule has 1 atom stereocenters. The number of fused-ring (bicyclic) bond motifs is 1. The zero-order chi connectivity index (χ0) is 13.5. The van der Waals surface area contributed by atoms with Gasteiger partial charge in [-0.15, -0.1) is 0 Å². The Morgan fingerprint density at radius 3 is 2.47 bits per heavy atom. The van der Waals surface area contributed by atoms with Crippen LogP contribution in [0.1, 0.15) is 24.4 Å². The van der Waals surface area contributed by atoms with E-state index >= 15 is 0 Å². The van der Waals surface area contributed by atoms with Gasteiger partial charge in [0.15, 0.2) is 21.3 Å². The van der Waals surface area contributed by atoms with Crippen molar-refractivity contribution in [3.8, 4) is 11.5 Å². The van der Waals surface area contributed by atoms with Gasteiger partial charge in [0.2, 0.25) is 0 Å². The Labute approximate surface area is 112 Å². The zero-order valence-corrected chi connectivity index (χ0v) is 11.6. The first-order valence-electron chi connectivity index (χ1n) is 6.43. The number of hydrogen-bond donors (Lipinski definition) is 1. The molecule has 2 aliphatic rings. The van der Waals surface area contributed by atoms with Gasteiger partial charge < -0.3 is 14.8 Å². The lowest BCUT2D eigenvalue weighted by molar-refractivity contribution is 0.170. The van der Waals surface area contributed by atoms with Crippen molar-refractivity contribution in [2.75, 3.05) is 26.0 Å². The predicted octanol–water partition coefficient (Wildman–Crippen LogP) is 1.29. The summed E-state index contributed by atoms with van der Waals surface area (Å²) in [4.78, 5) is 0.344. The van der Waals surface area contributed by atoms with Crippen molar-refractivity contribution in [3.05, 3.63) is 17.7 Å². The van der Waals surface area contributed by atoms with E-state index in [0.29, 0.717) is 29.6 Å². The van der Waals surface area contributed by atoms with Crippen LogP contribution >= 0.6 is 0 Å². The van der Waals surface area contributed by atoms with Gasteiger partial charge in [-0.2, -0.15) is 0 Å². The van der Waals surface area contributed by atoms with E-state index in [1.807, 2.05) is 6.07 Å². The molecule has 6 heteroatoms. The fourth-order valence-electron chi connectivity index (χ4n) is 2.63. The lowest BCUT2D eigenvalue weighted by Gasteiger charge is -2.22. The first kappa shape index (κ1) is 12.7. The van der Waals surface area contributed by atoms with Crippen LogP contribution in [0.4, 0.5) is 0 Å². The van der Waals surface area contributed by atoms with Gasteiger partial charge in [0, 0.05) is 18.4 Å². The van der Waals surface area contributed by atoms with Crippen LogP contribution in [0.25, 0.3) is 0 Å². The van der Waals surface area contributed by atoms with E-state index in [1.54, 1.807) is 6.07 Å². The number of ether oxygens (including phenoxy) is 2. The highest BCUT2D eigenvalue weighted by molar-refractivity contribution is 7.90. The van der Waals surface area contributed by atoms with Crippen LogP contribution in [0.2, 0.25) is 0 Å². The molecule has 0 bridgehead atoms. The second-order valence-corrected chi connectivity index (χ2v) is 6.94. The molecule has 0 spiro atoms. The van der Waals surface area contributed by atoms with Crippen LogP contribution < -0.4 is 14.8 Å². The standard InChI is InChI=1S/C13H17NO4S/c1-19(15,16)13-8-12-11(17-5-6-18-12)7-9(13)10-3-2-4-14-10/h7-8,10,14H,2-6H2,1H3. The van der Waals surface area contributed by atoms with Gasteiger partial charge in [-0.1, -0.05) is 0 Å². The molecule has 1 fully saturated rings. The molecule has 0 aliphatic carbocycles. The van der Waals surface area contributed by atoms with Crippen LogP contribution in [-0.4, -0.2) is 34.4 Å². The quantitative estimate of drug-likeness (QED) is 0.886. The molecule has 19 heavy (non-hydrogen) atoms. The molecule has 0 radical (unpaired) electrons. The summed E-state index contributed by atoms with van der Waals surface area (Å²) >= 11 is 0. The minimum Gasteiger partial charge on any atom is -0.486 e. The highest BCUT2D eigenvalue weighted by atomic mass is 32.2. The first-order valence-corrected chi connectivity index (χ1v) is 8.32. The van der Waals surface area contributed by atoms with Crippen molar-refractivity contribution < 1.29 is 17.9 Å². The van der Waals surface area contributed by atoms with Gasteiger partial charge in [0.25, 0.3) is 0 Å². The van der Waals surface area contributed by atoms with E-state index in [9.17, 15) is 8.42 Å². The number of benzene rings is 1. The lowest BCUT2D eigenvalue weighted by atomic mass is 10.0. The summed E-state index contributed by atoms with van der Waals surface area (Å²) in [6.07, 6.45) is 3.24. The Morgan fingerprint density at radius 1 is 1.21 bits per heavy atom. The molecule has 3 rings (SSSR count). The molecule has 2 aliphatic heterocycles. The minimum absolute atomic E-state index is 0.0838. The van der Waals surface area contributed by atoms with E-state index in [1.165, 1.54) is 6.26 Å². The average Bonchev–Trinajstić information content (AvgIpc) is 2.90. The smallest absolute Gasteiger partial charge is 0.175 e. The Balaban J connectivity index is 2.14. The topological polar surface area (TPSA) is 64.6 Å². The summed E-state index contributed by atoms with van der Waals surface area (Å²) in [5.41, 5.74) is 0.796. The fourth-order valence-corrected chi connectivity index (χ4v) is 3.58. The summed E-state index contributed by atoms with van der Waals surface area (Å²) in [7, 11) is -3.28. The maximum Gasteiger partial charge on any atom is 0.175 e. The van der Waals surface area contributed by atoms with Gasteiger partial charge in [-0.25, -0.2) is 8.42 Å². The number of rotatable bonds is 2. The van der Waals surface area contributed by atoms with Crippen LogP contribution in [0.5, 0.6) is 11.5 Å². The van der Waals surface area contributed by atoms with E-state index < -0.39 is 9.84 Å². The third-order valence-electron chi connectivity index (χ3n) is 3.51. The van der Waals surface area contributed by atoms with Crippen molar-refractivity contribution in [3.63, 3.8) is 0 Å². The summed E-state index contributed by atoms with van der Waals surface area (Å²) < 4.78 is 35.0. The Hall–Kier alpha value is -1.27. The highest BCUT2D eigenvalue weighted by Crippen LogP contribution is 2.39. The highest BCUT2D eigenvalue weighted by Gasteiger charge is 2.27. The molecule has 0 saturated carbocycles.